The molecule has 0 aliphatic rings. The van der Waals surface area contributed by atoms with Crippen molar-refractivity contribution in [2.75, 3.05) is 5.32 Å². The molecule has 2 rings (SSSR count). The maximum Gasteiger partial charge on any atom is 0.339 e. The van der Waals surface area contributed by atoms with Gasteiger partial charge in [-0.1, -0.05) is 32.0 Å². The van der Waals surface area contributed by atoms with Crippen LogP contribution >= 0.6 is 0 Å². The normalized spacial score (nSPS) is 10.7. The van der Waals surface area contributed by atoms with Crippen molar-refractivity contribution >= 4 is 11.9 Å². The van der Waals surface area contributed by atoms with Crippen molar-refractivity contribution < 1.29 is 14.3 Å². The van der Waals surface area contributed by atoms with Crippen LogP contribution in [0.3, 0.4) is 0 Å². The van der Waals surface area contributed by atoms with Gasteiger partial charge in [0, 0.05) is 18.3 Å². The van der Waals surface area contributed by atoms with E-state index in [0.717, 1.165) is 0 Å². The zero-order valence-electron chi connectivity index (χ0n) is 11.8. The molecule has 0 fully saturated rings. The monoisotopic (exact) mass is 289 g/mol. The van der Waals surface area contributed by atoms with E-state index in [2.05, 4.69) is 15.3 Å². The quantitative estimate of drug-likeness (QED) is 0.884. The predicted molar refractivity (Wildman–Crippen MR) is 76.8 cm³/mol. The Hall–Kier alpha value is -2.50. The van der Waals surface area contributed by atoms with Crippen molar-refractivity contribution in [3.63, 3.8) is 0 Å². The number of hydrogen-bond acceptors (Lipinski definition) is 4. The van der Waals surface area contributed by atoms with Gasteiger partial charge in [0.2, 0.25) is 5.95 Å². The van der Waals surface area contributed by atoms with Gasteiger partial charge in [-0.3, -0.25) is 0 Å². The summed E-state index contributed by atoms with van der Waals surface area (Å²) in [6.45, 7) is 3.95. The summed E-state index contributed by atoms with van der Waals surface area (Å²) in [5.41, 5.74) is 1.03. The van der Waals surface area contributed by atoms with Gasteiger partial charge in [-0.05, 0) is 12.0 Å². The molecule has 0 aliphatic heterocycles. The van der Waals surface area contributed by atoms with E-state index in [0.29, 0.717) is 11.3 Å². The molecule has 0 spiro atoms. The maximum atomic E-state index is 13.5. The van der Waals surface area contributed by atoms with Gasteiger partial charge in [-0.15, -0.1) is 0 Å². The standard InChI is InChI=1S/C15H16FN3O2/c1-9(2)13-11(14(20)21)8-18-15(19-13)17-7-10-5-3-4-6-12(10)16/h3-6,8-9H,7H2,1-2H3,(H,20,21)(H,17,18,19). The van der Waals surface area contributed by atoms with Crippen LogP contribution in [-0.4, -0.2) is 21.0 Å². The number of anilines is 1. The molecule has 110 valence electrons. The van der Waals surface area contributed by atoms with Crippen LogP contribution in [0.1, 0.15) is 41.4 Å². The molecule has 0 aliphatic carbocycles. The number of benzene rings is 1. The highest BCUT2D eigenvalue weighted by atomic mass is 19.1. The Labute approximate surface area is 121 Å². The zero-order valence-corrected chi connectivity index (χ0v) is 11.8. The van der Waals surface area contributed by atoms with Gasteiger partial charge in [0.25, 0.3) is 0 Å². The fourth-order valence-corrected chi connectivity index (χ4v) is 1.90. The minimum absolute atomic E-state index is 0.0480. The van der Waals surface area contributed by atoms with E-state index in [1.54, 1.807) is 18.2 Å². The van der Waals surface area contributed by atoms with Gasteiger partial charge < -0.3 is 10.4 Å². The third kappa shape index (κ3) is 3.53. The molecule has 0 amide bonds. The van der Waals surface area contributed by atoms with E-state index in [9.17, 15) is 9.18 Å². The average molecular weight is 289 g/mol. The molecular weight excluding hydrogens is 273 g/mol. The number of carbonyl (C=O) groups is 1. The molecular formula is C15H16FN3O2. The van der Waals surface area contributed by atoms with Crippen LogP contribution in [0.2, 0.25) is 0 Å². The third-order valence-corrected chi connectivity index (χ3v) is 2.99. The Morgan fingerprint density at radius 1 is 1.38 bits per heavy atom. The van der Waals surface area contributed by atoms with Crippen molar-refractivity contribution in [2.45, 2.75) is 26.3 Å². The first kappa shape index (κ1) is 14.9. The lowest BCUT2D eigenvalue weighted by atomic mass is 10.1. The van der Waals surface area contributed by atoms with Crippen molar-refractivity contribution in [2.24, 2.45) is 0 Å². The molecule has 21 heavy (non-hydrogen) atoms. The Balaban J connectivity index is 2.20. The fraction of sp³-hybridized carbons (Fsp3) is 0.267. The molecule has 1 heterocycles. The zero-order chi connectivity index (χ0) is 15.4. The molecule has 0 saturated carbocycles. The average Bonchev–Trinajstić information content (AvgIpc) is 2.46. The topological polar surface area (TPSA) is 75.1 Å². The Bertz CT molecular complexity index is 659. The number of halogens is 1. The number of carboxylic acid groups (broad SMARTS) is 1. The molecule has 1 aromatic heterocycles. The van der Waals surface area contributed by atoms with Crippen LogP contribution in [-0.2, 0) is 6.54 Å². The number of nitrogens with zero attached hydrogens (tertiary/aromatic N) is 2. The van der Waals surface area contributed by atoms with E-state index >= 15 is 0 Å². The molecule has 0 radical (unpaired) electrons. The van der Waals surface area contributed by atoms with E-state index < -0.39 is 5.97 Å². The first-order chi connectivity index (χ1) is 9.99. The lowest BCUT2D eigenvalue weighted by Crippen LogP contribution is -2.12. The molecule has 0 atom stereocenters. The van der Waals surface area contributed by atoms with Gasteiger partial charge in [-0.25, -0.2) is 19.2 Å². The number of rotatable bonds is 5. The molecule has 6 heteroatoms. The van der Waals surface area contributed by atoms with Crippen LogP contribution in [0, 0.1) is 5.82 Å². The summed E-state index contributed by atoms with van der Waals surface area (Å²) in [5, 5.41) is 12.0. The van der Waals surface area contributed by atoms with Crippen LogP contribution < -0.4 is 5.32 Å². The Morgan fingerprint density at radius 2 is 2.10 bits per heavy atom. The summed E-state index contributed by atoms with van der Waals surface area (Å²) in [4.78, 5) is 19.3. The van der Waals surface area contributed by atoms with Crippen molar-refractivity contribution in [1.29, 1.82) is 0 Å². The lowest BCUT2D eigenvalue weighted by Gasteiger charge is -2.11. The number of hydrogen-bond donors (Lipinski definition) is 2. The lowest BCUT2D eigenvalue weighted by molar-refractivity contribution is 0.0694. The highest BCUT2D eigenvalue weighted by Crippen LogP contribution is 2.18. The van der Waals surface area contributed by atoms with Crippen LogP contribution in [0.4, 0.5) is 10.3 Å². The highest BCUT2D eigenvalue weighted by molar-refractivity contribution is 5.88. The van der Waals surface area contributed by atoms with E-state index in [1.807, 2.05) is 13.8 Å². The Morgan fingerprint density at radius 3 is 2.71 bits per heavy atom. The van der Waals surface area contributed by atoms with Gasteiger partial charge in [0.15, 0.2) is 0 Å². The molecule has 5 nitrogen and oxygen atoms in total. The molecule has 1 aromatic carbocycles. The minimum Gasteiger partial charge on any atom is -0.478 e. The summed E-state index contributed by atoms with van der Waals surface area (Å²) < 4.78 is 13.5. The second-order valence-corrected chi connectivity index (χ2v) is 4.90. The van der Waals surface area contributed by atoms with Crippen LogP contribution in [0.25, 0.3) is 0 Å². The second kappa shape index (κ2) is 6.30. The van der Waals surface area contributed by atoms with Gasteiger partial charge >= 0.3 is 5.97 Å². The van der Waals surface area contributed by atoms with Crippen molar-refractivity contribution in [1.82, 2.24) is 9.97 Å². The Kier molecular flexibility index (Phi) is 4.47. The second-order valence-electron chi connectivity index (χ2n) is 4.90. The van der Waals surface area contributed by atoms with Crippen molar-refractivity contribution in [3.05, 3.63) is 53.1 Å². The smallest absolute Gasteiger partial charge is 0.339 e. The summed E-state index contributed by atoms with van der Waals surface area (Å²) in [6.07, 6.45) is 1.27. The largest absolute Gasteiger partial charge is 0.478 e. The van der Waals surface area contributed by atoms with Crippen molar-refractivity contribution in [3.8, 4) is 0 Å². The van der Waals surface area contributed by atoms with E-state index in [-0.39, 0.29) is 29.8 Å². The SMILES string of the molecule is CC(C)c1nc(NCc2ccccc2F)ncc1C(=O)O. The van der Waals surface area contributed by atoms with Crippen LogP contribution in [0.15, 0.2) is 30.5 Å². The summed E-state index contributed by atoms with van der Waals surface area (Å²) >= 11 is 0. The minimum atomic E-state index is -1.06. The van der Waals surface area contributed by atoms with E-state index in [4.69, 9.17) is 5.11 Å². The van der Waals surface area contributed by atoms with E-state index in [1.165, 1.54) is 12.3 Å². The summed E-state index contributed by atoms with van der Waals surface area (Å²) in [7, 11) is 0. The highest BCUT2D eigenvalue weighted by Gasteiger charge is 2.16. The van der Waals surface area contributed by atoms with Crippen LogP contribution in [0.5, 0.6) is 0 Å². The number of carboxylic acids is 1. The number of nitrogens with one attached hydrogen (secondary N) is 1. The summed E-state index contributed by atoms with van der Waals surface area (Å²) in [6, 6.07) is 6.41. The molecule has 0 saturated heterocycles. The molecule has 0 unspecified atom stereocenters. The number of aromatic carboxylic acids is 1. The fourth-order valence-electron chi connectivity index (χ4n) is 1.90. The third-order valence-electron chi connectivity index (χ3n) is 2.99. The first-order valence-corrected chi connectivity index (χ1v) is 6.56. The molecule has 2 N–H and O–H groups in total. The molecule has 0 bridgehead atoms. The summed E-state index contributed by atoms with van der Waals surface area (Å²) in [5.74, 6) is -1.13. The molecule has 2 aromatic rings. The van der Waals surface area contributed by atoms with Gasteiger partial charge in [-0.2, -0.15) is 0 Å². The maximum absolute atomic E-state index is 13.5. The van der Waals surface area contributed by atoms with Gasteiger partial charge in [0.05, 0.1) is 11.3 Å². The number of aromatic nitrogens is 2. The van der Waals surface area contributed by atoms with Gasteiger partial charge in [0.1, 0.15) is 5.82 Å². The first-order valence-electron chi connectivity index (χ1n) is 6.56. The predicted octanol–water partition coefficient (Wildman–Crippen LogP) is 3.05.